The molecule has 0 unspecified atom stereocenters. The molecule has 1 aromatic rings. The van der Waals surface area contributed by atoms with Gasteiger partial charge in [0.1, 0.15) is 18.0 Å². The highest BCUT2D eigenvalue weighted by molar-refractivity contribution is 5.67. The Morgan fingerprint density at radius 2 is 2.28 bits per heavy atom. The van der Waals surface area contributed by atoms with Crippen molar-refractivity contribution in [1.29, 1.82) is 0 Å². The van der Waals surface area contributed by atoms with Crippen molar-refractivity contribution < 1.29 is 14.3 Å². The van der Waals surface area contributed by atoms with E-state index in [4.69, 9.17) is 9.47 Å². The van der Waals surface area contributed by atoms with Crippen LogP contribution in [-0.4, -0.2) is 18.3 Å². The van der Waals surface area contributed by atoms with E-state index in [0.717, 1.165) is 16.9 Å². The van der Waals surface area contributed by atoms with Crippen molar-refractivity contribution >= 4 is 6.09 Å². The van der Waals surface area contributed by atoms with Gasteiger partial charge in [-0.1, -0.05) is 6.07 Å². The quantitative estimate of drug-likeness (QED) is 0.873. The first-order valence-corrected chi connectivity index (χ1v) is 5.90. The lowest BCUT2D eigenvalue weighted by Gasteiger charge is -2.19. The zero-order valence-electron chi connectivity index (χ0n) is 10.9. The Morgan fingerprint density at radius 3 is 3.00 bits per heavy atom. The number of hydrogen-bond donors (Lipinski definition) is 1. The lowest BCUT2D eigenvalue weighted by atomic mass is 10.1. The minimum atomic E-state index is -0.475. The van der Waals surface area contributed by atoms with E-state index in [0.29, 0.717) is 13.2 Å². The molecule has 4 heteroatoms. The summed E-state index contributed by atoms with van der Waals surface area (Å²) >= 11 is 0. The van der Waals surface area contributed by atoms with Crippen LogP contribution in [0, 0.1) is 6.42 Å². The molecule has 1 N–H and O–H groups in total. The monoisotopic (exact) mass is 247 g/mol. The first kappa shape index (κ1) is 12.7. The van der Waals surface area contributed by atoms with Crippen molar-refractivity contribution in [2.45, 2.75) is 32.9 Å². The fourth-order valence-corrected chi connectivity index (χ4v) is 1.63. The third-order valence-electron chi connectivity index (χ3n) is 2.37. The van der Waals surface area contributed by atoms with Gasteiger partial charge in [0.2, 0.25) is 0 Å². The molecule has 1 aliphatic heterocycles. The summed E-state index contributed by atoms with van der Waals surface area (Å²) in [4.78, 5) is 11.5. The molecule has 1 aliphatic rings. The van der Waals surface area contributed by atoms with E-state index < -0.39 is 11.7 Å². The molecule has 4 nitrogen and oxygen atoms in total. The van der Waals surface area contributed by atoms with Crippen LogP contribution in [0.25, 0.3) is 0 Å². The Morgan fingerprint density at radius 1 is 1.50 bits per heavy atom. The molecule has 18 heavy (non-hydrogen) atoms. The normalized spacial score (nSPS) is 13.7. The summed E-state index contributed by atoms with van der Waals surface area (Å²) in [5.41, 5.74) is 1.48. The lowest BCUT2D eigenvalue weighted by molar-refractivity contribution is 0.0523. The van der Waals surface area contributed by atoms with Crippen molar-refractivity contribution in [3.05, 3.63) is 35.7 Å². The second-order valence-electron chi connectivity index (χ2n) is 5.15. The van der Waals surface area contributed by atoms with Crippen LogP contribution >= 0.6 is 0 Å². The highest BCUT2D eigenvalue weighted by Crippen LogP contribution is 2.27. The third-order valence-corrected chi connectivity index (χ3v) is 2.37. The van der Waals surface area contributed by atoms with Crippen LogP contribution in [0.15, 0.2) is 18.2 Å². The molecule has 0 bridgehead atoms. The molecular formula is C14H17NO3. The smallest absolute Gasteiger partial charge is 0.407 e. The summed E-state index contributed by atoms with van der Waals surface area (Å²) in [5, 5.41) is 2.72. The summed E-state index contributed by atoms with van der Waals surface area (Å²) in [7, 11) is 0. The molecule has 1 amide bonds. The van der Waals surface area contributed by atoms with Gasteiger partial charge < -0.3 is 14.8 Å². The zero-order chi connectivity index (χ0) is 13.2. The molecule has 96 valence electrons. The van der Waals surface area contributed by atoms with E-state index in [2.05, 4.69) is 11.7 Å². The van der Waals surface area contributed by atoms with Crippen molar-refractivity contribution in [1.82, 2.24) is 5.32 Å². The van der Waals surface area contributed by atoms with E-state index in [1.165, 1.54) is 0 Å². The summed E-state index contributed by atoms with van der Waals surface area (Å²) in [6, 6.07) is 5.77. The standard InChI is InChI=1S/C14H17NO3/c1-14(2,3)18-13(16)15-9-10-4-5-12-11(8-10)6-7-17-12/h4-5,8H,7,9H2,1-3H3,(H,15,16). The second-order valence-corrected chi connectivity index (χ2v) is 5.15. The number of carbonyl (C=O) groups excluding carboxylic acids is 1. The van der Waals surface area contributed by atoms with Gasteiger partial charge in [0.25, 0.3) is 0 Å². The van der Waals surface area contributed by atoms with Gasteiger partial charge in [-0.25, -0.2) is 4.79 Å². The summed E-state index contributed by atoms with van der Waals surface area (Å²) in [5.74, 6) is 0.844. The highest BCUT2D eigenvalue weighted by Gasteiger charge is 2.16. The summed E-state index contributed by atoms with van der Waals surface area (Å²) in [6.45, 7) is 6.44. The average molecular weight is 247 g/mol. The van der Waals surface area contributed by atoms with Gasteiger partial charge in [-0.15, -0.1) is 0 Å². The largest absolute Gasteiger partial charge is 0.492 e. The van der Waals surface area contributed by atoms with E-state index in [9.17, 15) is 4.79 Å². The zero-order valence-corrected chi connectivity index (χ0v) is 10.9. The molecule has 1 aromatic carbocycles. The molecular weight excluding hydrogens is 230 g/mol. The number of alkyl carbamates (subject to hydrolysis) is 1. The molecule has 0 aromatic heterocycles. The van der Waals surface area contributed by atoms with Gasteiger partial charge in [-0.3, -0.25) is 0 Å². The first-order valence-electron chi connectivity index (χ1n) is 5.90. The molecule has 0 fully saturated rings. The molecule has 0 atom stereocenters. The summed E-state index contributed by atoms with van der Waals surface area (Å²) in [6.07, 6.45) is 2.69. The lowest BCUT2D eigenvalue weighted by Crippen LogP contribution is -2.32. The Bertz CT molecular complexity index is 449. The third kappa shape index (κ3) is 3.39. The topological polar surface area (TPSA) is 47.6 Å². The first-order chi connectivity index (χ1) is 8.44. The van der Waals surface area contributed by atoms with Crippen molar-refractivity contribution in [2.24, 2.45) is 0 Å². The minimum absolute atomic E-state index is 0.410. The number of carbonyl (C=O) groups is 1. The maximum absolute atomic E-state index is 11.5. The van der Waals surface area contributed by atoms with E-state index in [1.54, 1.807) is 0 Å². The van der Waals surface area contributed by atoms with Gasteiger partial charge in [-0.05, 0) is 38.5 Å². The van der Waals surface area contributed by atoms with Gasteiger partial charge in [-0.2, -0.15) is 0 Å². The Hall–Kier alpha value is -1.71. The van der Waals surface area contributed by atoms with Gasteiger partial charge >= 0.3 is 6.09 Å². The number of amides is 1. The number of ether oxygens (including phenoxy) is 2. The van der Waals surface area contributed by atoms with Crippen LogP contribution in [0.2, 0.25) is 0 Å². The maximum atomic E-state index is 11.5. The molecule has 1 heterocycles. The number of hydrogen-bond acceptors (Lipinski definition) is 3. The van der Waals surface area contributed by atoms with E-state index in [-0.39, 0.29) is 0 Å². The van der Waals surface area contributed by atoms with Gasteiger partial charge in [0.15, 0.2) is 0 Å². The molecule has 0 saturated heterocycles. The Kier molecular flexibility index (Phi) is 3.45. The highest BCUT2D eigenvalue weighted by atomic mass is 16.6. The Labute approximate surface area is 107 Å². The van der Waals surface area contributed by atoms with Crippen LogP contribution in [-0.2, 0) is 11.3 Å². The predicted molar refractivity (Wildman–Crippen MR) is 67.4 cm³/mol. The molecule has 2 rings (SSSR count). The van der Waals surface area contributed by atoms with Crippen molar-refractivity contribution in [3.63, 3.8) is 0 Å². The Balaban J connectivity index is 1.89. The number of fused-ring (bicyclic) bond motifs is 1. The van der Waals surface area contributed by atoms with Gasteiger partial charge in [0, 0.05) is 12.1 Å². The fraction of sp³-hybridized carbons (Fsp3) is 0.429. The van der Waals surface area contributed by atoms with Crippen molar-refractivity contribution in [3.8, 4) is 5.75 Å². The average Bonchev–Trinajstić information content (AvgIpc) is 2.71. The predicted octanol–water partition coefficient (Wildman–Crippen LogP) is 2.53. The molecule has 0 spiro atoms. The molecule has 2 radical (unpaired) electrons. The number of rotatable bonds is 2. The van der Waals surface area contributed by atoms with Crippen molar-refractivity contribution in [2.75, 3.05) is 6.61 Å². The van der Waals surface area contributed by atoms with E-state index in [1.807, 2.05) is 39.0 Å². The van der Waals surface area contributed by atoms with Crippen LogP contribution in [0.4, 0.5) is 4.79 Å². The van der Waals surface area contributed by atoms with Crippen LogP contribution in [0.1, 0.15) is 31.9 Å². The SMILES string of the molecule is CC(C)(C)OC(=O)NCc1ccc2c(c1)[C]CO2. The van der Waals surface area contributed by atoms with Crippen LogP contribution in [0.5, 0.6) is 5.75 Å². The number of nitrogens with one attached hydrogen (secondary N) is 1. The molecule has 0 saturated carbocycles. The van der Waals surface area contributed by atoms with Crippen LogP contribution in [0.3, 0.4) is 0 Å². The maximum Gasteiger partial charge on any atom is 0.407 e. The summed E-state index contributed by atoms with van der Waals surface area (Å²) < 4.78 is 10.5. The molecule has 0 aliphatic carbocycles. The second kappa shape index (κ2) is 4.88. The van der Waals surface area contributed by atoms with Gasteiger partial charge in [0.05, 0.1) is 6.42 Å². The fourth-order valence-electron chi connectivity index (χ4n) is 1.63. The van der Waals surface area contributed by atoms with Crippen LogP contribution < -0.4 is 10.1 Å². The minimum Gasteiger partial charge on any atom is -0.492 e. The number of benzene rings is 1. The van der Waals surface area contributed by atoms with E-state index >= 15 is 0 Å².